The lowest BCUT2D eigenvalue weighted by Gasteiger charge is -2.17. The molecule has 6 nitrogen and oxygen atoms in total. The van der Waals surface area contributed by atoms with Crippen molar-refractivity contribution in [2.24, 2.45) is 7.05 Å². The van der Waals surface area contributed by atoms with Crippen LogP contribution in [0.15, 0.2) is 6.20 Å². The number of carbonyl (C=O) groups excluding carboxylic acids is 1. The van der Waals surface area contributed by atoms with Gasteiger partial charge in [-0.2, -0.15) is 5.10 Å². The summed E-state index contributed by atoms with van der Waals surface area (Å²) in [6, 6.07) is 0.0104. The third-order valence-corrected chi connectivity index (χ3v) is 6.80. The fourth-order valence-corrected chi connectivity index (χ4v) is 5.31. The minimum absolute atomic E-state index is 0.0104. The van der Waals surface area contributed by atoms with Gasteiger partial charge >= 0.3 is 5.97 Å². The summed E-state index contributed by atoms with van der Waals surface area (Å²) < 4.78 is 6.92. The predicted molar refractivity (Wildman–Crippen MR) is 117 cm³/mol. The van der Waals surface area contributed by atoms with Crippen LogP contribution in [0.1, 0.15) is 70.7 Å². The van der Waals surface area contributed by atoms with Crippen LogP contribution in [0, 0.1) is 6.92 Å². The average Bonchev–Trinajstić information content (AvgIpc) is 3.14. The van der Waals surface area contributed by atoms with Gasteiger partial charge < -0.3 is 15.4 Å². The van der Waals surface area contributed by atoms with Gasteiger partial charge in [0.1, 0.15) is 5.00 Å². The maximum atomic E-state index is 12.5. The molecule has 152 valence electrons. The largest absolute Gasteiger partial charge is 0.465 e. The smallest absolute Gasteiger partial charge is 0.341 e. The molecular weight excluding hydrogens is 392 g/mol. The van der Waals surface area contributed by atoms with Gasteiger partial charge in [0.25, 0.3) is 0 Å². The summed E-state index contributed by atoms with van der Waals surface area (Å²) >= 11 is 7.17. The zero-order chi connectivity index (χ0) is 20.3. The highest BCUT2D eigenvalue weighted by Crippen LogP contribution is 2.37. The lowest BCUT2D eigenvalue weighted by atomic mass is 9.96. The van der Waals surface area contributed by atoms with E-state index in [1.807, 2.05) is 31.8 Å². The topological polar surface area (TPSA) is 68.2 Å². The number of nitrogens with one attached hydrogen (secondary N) is 2. The molecule has 2 heterocycles. The van der Waals surface area contributed by atoms with Crippen LogP contribution >= 0.6 is 23.6 Å². The predicted octanol–water partition coefficient (Wildman–Crippen LogP) is 4.28. The number of rotatable bonds is 4. The fraction of sp³-hybridized carbons (Fsp3) is 0.550. The van der Waals surface area contributed by atoms with Gasteiger partial charge in [0, 0.05) is 23.2 Å². The number of thiophene rings is 1. The molecular formula is C20H28N4O2S2. The molecule has 0 fully saturated rings. The Labute approximate surface area is 175 Å². The highest BCUT2D eigenvalue weighted by molar-refractivity contribution is 7.80. The molecule has 2 aromatic rings. The quantitative estimate of drug-likeness (QED) is 0.568. The number of thiocarbonyl (C=S) groups is 1. The van der Waals surface area contributed by atoms with Crippen molar-refractivity contribution in [1.29, 1.82) is 0 Å². The van der Waals surface area contributed by atoms with Crippen LogP contribution in [0.25, 0.3) is 0 Å². The summed E-state index contributed by atoms with van der Waals surface area (Å²) in [4.78, 5) is 13.8. The molecule has 3 rings (SSSR count). The number of hydrogen-bond acceptors (Lipinski definition) is 5. The maximum Gasteiger partial charge on any atom is 0.341 e. The van der Waals surface area contributed by atoms with Crippen LogP contribution in [0.5, 0.6) is 0 Å². The van der Waals surface area contributed by atoms with Crippen molar-refractivity contribution in [3.8, 4) is 0 Å². The minimum atomic E-state index is -0.292. The maximum absolute atomic E-state index is 12.5. The van der Waals surface area contributed by atoms with Crippen molar-refractivity contribution in [3.05, 3.63) is 33.5 Å². The Kier molecular flexibility index (Phi) is 6.72. The molecule has 1 unspecified atom stereocenters. The Hall–Kier alpha value is -1.93. The number of nitrogens with zero attached hydrogens (tertiary/aromatic N) is 2. The van der Waals surface area contributed by atoms with E-state index in [4.69, 9.17) is 17.0 Å². The standard InChI is InChI=1S/C20H28N4O2S2/c1-12(15-11-21-24(3)13(15)2)22-20(27)23-18-17(19(25)26-4)14-9-7-5-6-8-10-16(14)28-18/h11-12H,5-10H2,1-4H3,(H2,22,23,27). The SMILES string of the molecule is COC(=O)c1c(NC(=S)NC(C)c2cnn(C)c2C)sc2c1CCCCCC2. The molecule has 8 heteroatoms. The van der Waals surface area contributed by atoms with Crippen molar-refractivity contribution < 1.29 is 9.53 Å². The van der Waals surface area contributed by atoms with Gasteiger partial charge in [0.15, 0.2) is 5.11 Å². The molecule has 0 radical (unpaired) electrons. The first-order valence-corrected chi connectivity index (χ1v) is 10.9. The molecule has 0 saturated carbocycles. The molecule has 2 N–H and O–H groups in total. The lowest BCUT2D eigenvalue weighted by Crippen LogP contribution is -2.31. The number of carbonyl (C=O) groups is 1. The van der Waals surface area contributed by atoms with E-state index in [1.165, 1.54) is 24.8 Å². The van der Waals surface area contributed by atoms with Crippen LogP contribution in [-0.2, 0) is 24.6 Å². The first kappa shape index (κ1) is 20.8. The molecule has 2 aromatic heterocycles. The summed E-state index contributed by atoms with van der Waals surface area (Å²) in [6.07, 6.45) is 8.50. The van der Waals surface area contributed by atoms with E-state index in [2.05, 4.69) is 15.7 Å². The van der Waals surface area contributed by atoms with E-state index < -0.39 is 0 Å². The summed E-state index contributed by atoms with van der Waals surface area (Å²) in [5.74, 6) is -0.292. The second-order valence-electron chi connectivity index (χ2n) is 7.24. The zero-order valence-electron chi connectivity index (χ0n) is 16.9. The number of aryl methyl sites for hydroxylation is 2. The van der Waals surface area contributed by atoms with E-state index >= 15 is 0 Å². The highest BCUT2D eigenvalue weighted by atomic mass is 32.1. The Morgan fingerprint density at radius 2 is 2.04 bits per heavy atom. The molecule has 0 aromatic carbocycles. The van der Waals surface area contributed by atoms with Crippen molar-refractivity contribution in [1.82, 2.24) is 15.1 Å². The van der Waals surface area contributed by atoms with Crippen LogP contribution in [0.4, 0.5) is 5.00 Å². The van der Waals surface area contributed by atoms with Crippen molar-refractivity contribution in [2.45, 2.75) is 58.4 Å². The van der Waals surface area contributed by atoms with Crippen LogP contribution < -0.4 is 10.6 Å². The average molecular weight is 421 g/mol. The Morgan fingerprint density at radius 3 is 2.68 bits per heavy atom. The molecule has 0 spiro atoms. The van der Waals surface area contributed by atoms with Gasteiger partial charge in [-0.15, -0.1) is 11.3 Å². The van der Waals surface area contributed by atoms with E-state index in [9.17, 15) is 4.79 Å². The Balaban J connectivity index is 1.80. The first-order valence-electron chi connectivity index (χ1n) is 9.71. The van der Waals surface area contributed by atoms with Crippen LogP contribution in [0.2, 0.25) is 0 Å². The van der Waals surface area contributed by atoms with E-state index in [1.54, 1.807) is 11.3 Å². The molecule has 0 amide bonds. The number of anilines is 1. The third-order valence-electron chi connectivity index (χ3n) is 5.38. The summed E-state index contributed by atoms with van der Waals surface area (Å²) in [6.45, 7) is 4.08. The number of hydrogen-bond donors (Lipinski definition) is 2. The monoisotopic (exact) mass is 420 g/mol. The zero-order valence-corrected chi connectivity index (χ0v) is 18.6. The van der Waals surface area contributed by atoms with Gasteiger partial charge in [-0.3, -0.25) is 4.68 Å². The van der Waals surface area contributed by atoms with Gasteiger partial charge in [-0.25, -0.2) is 4.79 Å². The van der Waals surface area contributed by atoms with Gasteiger partial charge in [0.2, 0.25) is 0 Å². The highest BCUT2D eigenvalue weighted by Gasteiger charge is 2.25. The molecule has 0 saturated heterocycles. The minimum Gasteiger partial charge on any atom is -0.465 e. The molecule has 0 aliphatic heterocycles. The van der Waals surface area contributed by atoms with E-state index in [-0.39, 0.29) is 12.0 Å². The second-order valence-corrected chi connectivity index (χ2v) is 8.76. The molecule has 1 aliphatic rings. The Morgan fingerprint density at radius 1 is 1.32 bits per heavy atom. The van der Waals surface area contributed by atoms with Crippen LogP contribution in [0.3, 0.4) is 0 Å². The number of aromatic nitrogens is 2. The first-order chi connectivity index (χ1) is 13.4. The summed E-state index contributed by atoms with van der Waals surface area (Å²) in [5.41, 5.74) is 3.98. The van der Waals surface area contributed by atoms with E-state index in [0.29, 0.717) is 10.7 Å². The number of methoxy groups -OCH3 is 1. The van der Waals surface area contributed by atoms with Crippen molar-refractivity contribution >= 4 is 39.6 Å². The van der Waals surface area contributed by atoms with Crippen molar-refractivity contribution in [2.75, 3.05) is 12.4 Å². The van der Waals surface area contributed by atoms with E-state index in [0.717, 1.165) is 47.5 Å². The third kappa shape index (κ3) is 4.38. The van der Waals surface area contributed by atoms with Gasteiger partial charge in [0.05, 0.1) is 24.9 Å². The number of fused-ring (bicyclic) bond motifs is 1. The number of ether oxygens (including phenoxy) is 1. The normalized spacial score (nSPS) is 15.1. The molecule has 0 bridgehead atoms. The fourth-order valence-electron chi connectivity index (χ4n) is 3.68. The van der Waals surface area contributed by atoms with Gasteiger partial charge in [-0.1, -0.05) is 12.8 Å². The molecule has 1 aliphatic carbocycles. The lowest BCUT2D eigenvalue weighted by molar-refractivity contribution is 0.0601. The molecule has 1 atom stereocenters. The second kappa shape index (κ2) is 9.05. The van der Waals surface area contributed by atoms with Crippen molar-refractivity contribution in [3.63, 3.8) is 0 Å². The van der Waals surface area contributed by atoms with Gasteiger partial charge in [-0.05, 0) is 57.3 Å². The number of esters is 1. The van der Waals surface area contributed by atoms with Crippen LogP contribution in [-0.4, -0.2) is 28.0 Å². The molecule has 28 heavy (non-hydrogen) atoms. The summed E-state index contributed by atoms with van der Waals surface area (Å²) in [5, 5.41) is 12.1. The Bertz CT molecular complexity index is 872. The summed E-state index contributed by atoms with van der Waals surface area (Å²) in [7, 11) is 3.36.